The van der Waals surface area contributed by atoms with E-state index in [0.29, 0.717) is 5.69 Å². The molecule has 1 amide bonds. The van der Waals surface area contributed by atoms with Gasteiger partial charge in [0.05, 0.1) is 10.5 Å². The maximum Gasteiger partial charge on any atom is 0.258 e. The zero-order valence-electron chi connectivity index (χ0n) is 16.0. The van der Waals surface area contributed by atoms with Gasteiger partial charge in [0.15, 0.2) is 0 Å². The molecule has 0 aliphatic heterocycles. The average molecular weight is 412 g/mol. The summed E-state index contributed by atoms with van der Waals surface area (Å²) in [5.41, 5.74) is 1.81. The Labute approximate surface area is 169 Å². The molecule has 0 unspecified atom stereocenters. The summed E-state index contributed by atoms with van der Waals surface area (Å²) < 4.78 is 41.5. The second kappa shape index (κ2) is 8.55. The molecule has 150 valence electrons. The first kappa shape index (κ1) is 20.7. The Balaban J connectivity index is 1.94. The minimum absolute atomic E-state index is 0.172. The second-order valence-corrected chi connectivity index (χ2v) is 8.50. The van der Waals surface area contributed by atoms with E-state index in [1.54, 1.807) is 26.0 Å². The van der Waals surface area contributed by atoms with E-state index in [9.17, 15) is 17.6 Å². The van der Waals surface area contributed by atoms with Gasteiger partial charge >= 0.3 is 0 Å². The molecule has 2 N–H and O–H groups in total. The van der Waals surface area contributed by atoms with Gasteiger partial charge < -0.3 is 5.32 Å². The van der Waals surface area contributed by atoms with Gasteiger partial charge in [-0.15, -0.1) is 0 Å². The van der Waals surface area contributed by atoms with Crippen LogP contribution in [0.25, 0.3) is 11.1 Å². The average Bonchev–Trinajstić information content (AvgIpc) is 2.68. The van der Waals surface area contributed by atoms with Gasteiger partial charge in [0.25, 0.3) is 5.91 Å². The molecule has 0 spiro atoms. The highest BCUT2D eigenvalue weighted by atomic mass is 32.2. The Morgan fingerprint density at radius 2 is 1.59 bits per heavy atom. The first-order valence-electron chi connectivity index (χ1n) is 9.05. The van der Waals surface area contributed by atoms with Crippen LogP contribution in [-0.2, 0) is 10.0 Å². The number of para-hydroxylation sites is 1. The molecule has 3 rings (SSSR count). The van der Waals surface area contributed by atoms with Crippen LogP contribution in [0.1, 0.15) is 24.2 Å². The van der Waals surface area contributed by atoms with Crippen molar-refractivity contribution in [3.05, 3.63) is 84.2 Å². The third-order valence-corrected chi connectivity index (χ3v) is 5.80. The van der Waals surface area contributed by atoms with Gasteiger partial charge in [-0.1, -0.05) is 48.5 Å². The van der Waals surface area contributed by atoms with Crippen LogP contribution in [-0.4, -0.2) is 20.4 Å². The van der Waals surface area contributed by atoms with E-state index >= 15 is 0 Å². The number of benzene rings is 3. The highest BCUT2D eigenvalue weighted by Gasteiger charge is 2.21. The highest BCUT2D eigenvalue weighted by molar-refractivity contribution is 7.89. The number of amides is 1. The van der Waals surface area contributed by atoms with Crippen LogP contribution >= 0.6 is 0 Å². The minimum Gasteiger partial charge on any atom is -0.321 e. The molecule has 0 atom stereocenters. The minimum atomic E-state index is -3.85. The summed E-state index contributed by atoms with van der Waals surface area (Å²) in [7, 11) is -3.85. The van der Waals surface area contributed by atoms with E-state index in [4.69, 9.17) is 0 Å². The van der Waals surface area contributed by atoms with Gasteiger partial charge in [-0.3, -0.25) is 4.79 Å². The molecule has 0 saturated carbocycles. The van der Waals surface area contributed by atoms with Crippen LogP contribution in [0.4, 0.5) is 10.1 Å². The van der Waals surface area contributed by atoms with E-state index in [-0.39, 0.29) is 16.5 Å². The van der Waals surface area contributed by atoms with E-state index in [2.05, 4.69) is 10.0 Å². The molecule has 7 heteroatoms. The highest BCUT2D eigenvalue weighted by Crippen LogP contribution is 2.28. The molecule has 0 bridgehead atoms. The fraction of sp³-hybridized carbons (Fsp3) is 0.136. The van der Waals surface area contributed by atoms with Crippen molar-refractivity contribution in [3.8, 4) is 11.1 Å². The summed E-state index contributed by atoms with van der Waals surface area (Å²) in [5, 5.41) is 2.69. The van der Waals surface area contributed by atoms with Crippen LogP contribution in [0.2, 0.25) is 0 Å². The Hall–Kier alpha value is -3.03. The summed E-state index contributed by atoms with van der Waals surface area (Å²) in [4.78, 5) is 12.6. The molecule has 29 heavy (non-hydrogen) atoms. The third-order valence-electron chi connectivity index (χ3n) is 4.14. The maximum absolute atomic E-state index is 14.3. The maximum atomic E-state index is 14.3. The monoisotopic (exact) mass is 412 g/mol. The molecule has 0 fully saturated rings. The number of halogens is 1. The standard InChI is InChI=1S/C22H21FN2O3S/c1-15(2)25-29(27,28)17-12-13-20(23)19(14-17)22(26)24-21-11-7-6-10-18(21)16-8-4-3-5-9-16/h3-15,25H,1-2H3,(H,24,26). The first-order valence-corrected chi connectivity index (χ1v) is 10.5. The number of sulfonamides is 1. The van der Waals surface area contributed by atoms with Crippen molar-refractivity contribution in [1.82, 2.24) is 4.72 Å². The Kier molecular flexibility index (Phi) is 6.10. The molecular weight excluding hydrogens is 391 g/mol. The van der Waals surface area contributed by atoms with Gasteiger partial charge in [-0.25, -0.2) is 17.5 Å². The number of anilines is 1. The predicted molar refractivity (Wildman–Crippen MR) is 112 cm³/mol. The lowest BCUT2D eigenvalue weighted by Crippen LogP contribution is -2.30. The zero-order chi connectivity index (χ0) is 21.0. The molecule has 0 aliphatic carbocycles. The summed E-state index contributed by atoms with van der Waals surface area (Å²) in [5.74, 6) is -1.53. The Morgan fingerprint density at radius 1 is 0.931 bits per heavy atom. The van der Waals surface area contributed by atoms with E-state index in [1.165, 1.54) is 0 Å². The number of nitrogens with one attached hydrogen (secondary N) is 2. The quantitative estimate of drug-likeness (QED) is 0.629. The van der Waals surface area contributed by atoms with Gasteiger partial charge in [-0.05, 0) is 43.7 Å². The lowest BCUT2D eigenvalue weighted by Gasteiger charge is -2.13. The predicted octanol–water partition coefficient (Wildman–Crippen LogP) is 4.43. The fourth-order valence-corrected chi connectivity index (χ4v) is 4.15. The van der Waals surface area contributed by atoms with Crippen LogP contribution in [0, 0.1) is 5.82 Å². The number of hydrogen-bond acceptors (Lipinski definition) is 3. The molecule has 0 aliphatic rings. The molecule has 0 radical (unpaired) electrons. The molecule has 3 aromatic rings. The SMILES string of the molecule is CC(C)NS(=O)(=O)c1ccc(F)c(C(=O)Nc2ccccc2-c2ccccc2)c1. The summed E-state index contributed by atoms with van der Waals surface area (Å²) in [6, 6.07) is 19.4. The molecule has 5 nitrogen and oxygen atoms in total. The third kappa shape index (κ3) is 4.88. The van der Waals surface area contributed by atoms with Gasteiger partial charge in [-0.2, -0.15) is 0 Å². The van der Waals surface area contributed by atoms with Gasteiger partial charge in [0, 0.05) is 17.3 Å². The van der Waals surface area contributed by atoms with Crippen LogP contribution < -0.4 is 10.0 Å². The molecule has 3 aromatic carbocycles. The van der Waals surface area contributed by atoms with Crippen LogP contribution in [0.5, 0.6) is 0 Å². The van der Waals surface area contributed by atoms with Crippen molar-refractivity contribution < 1.29 is 17.6 Å². The lowest BCUT2D eigenvalue weighted by atomic mass is 10.0. The number of hydrogen-bond donors (Lipinski definition) is 2. The van der Waals surface area contributed by atoms with Crippen molar-refractivity contribution in [3.63, 3.8) is 0 Å². The van der Waals surface area contributed by atoms with Crippen LogP contribution in [0.15, 0.2) is 77.7 Å². The summed E-state index contributed by atoms with van der Waals surface area (Å²) in [6.07, 6.45) is 0. The number of carbonyl (C=O) groups excluding carboxylic acids is 1. The lowest BCUT2D eigenvalue weighted by molar-refractivity contribution is 0.102. The Bertz CT molecular complexity index is 1130. The van der Waals surface area contributed by atoms with E-state index < -0.39 is 21.7 Å². The van der Waals surface area contributed by atoms with E-state index in [1.807, 2.05) is 42.5 Å². The number of rotatable bonds is 6. The topological polar surface area (TPSA) is 75.3 Å². The van der Waals surface area contributed by atoms with Crippen molar-refractivity contribution in [2.45, 2.75) is 24.8 Å². The van der Waals surface area contributed by atoms with Crippen LogP contribution in [0.3, 0.4) is 0 Å². The second-order valence-electron chi connectivity index (χ2n) is 6.78. The normalized spacial score (nSPS) is 11.4. The van der Waals surface area contributed by atoms with Crippen molar-refractivity contribution in [2.24, 2.45) is 0 Å². The molecule has 0 heterocycles. The van der Waals surface area contributed by atoms with Crippen molar-refractivity contribution in [1.29, 1.82) is 0 Å². The van der Waals surface area contributed by atoms with Crippen molar-refractivity contribution >= 4 is 21.6 Å². The molecule has 0 aromatic heterocycles. The van der Waals surface area contributed by atoms with Gasteiger partial charge in [0.1, 0.15) is 5.82 Å². The molecular formula is C22H21FN2O3S. The summed E-state index contributed by atoms with van der Waals surface area (Å²) in [6.45, 7) is 3.35. The summed E-state index contributed by atoms with van der Waals surface area (Å²) >= 11 is 0. The first-order chi connectivity index (χ1) is 13.8. The Morgan fingerprint density at radius 3 is 2.28 bits per heavy atom. The fourth-order valence-electron chi connectivity index (χ4n) is 2.88. The number of carbonyl (C=O) groups is 1. The zero-order valence-corrected chi connectivity index (χ0v) is 16.8. The van der Waals surface area contributed by atoms with E-state index in [0.717, 1.165) is 29.3 Å². The largest absolute Gasteiger partial charge is 0.321 e. The smallest absolute Gasteiger partial charge is 0.258 e. The van der Waals surface area contributed by atoms with Gasteiger partial charge in [0.2, 0.25) is 10.0 Å². The molecule has 0 saturated heterocycles. The van der Waals surface area contributed by atoms with Crippen molar-refractivity contribution in [2.75, 3.05) is 5.32 Å².